The molecule has 1 heterocycles. The van der Waals surface area contributed by atoms with Gasteiger partial charge in [-0.25, -0.2) is 14.4 Å². The van der Waals surface area contributed by atoms with E-state index in [4.69, 9.17) is 16.3 Å². The maximum absolute atomic E-state index is 14.3. The molecule has 4 rings (SSSR count). The molecule has 0 bridgehead atoms. The van der Waals surface area contributed by atoms with E-state index in [9.17, 15) is 14.3 Å². The average molecular weight is 417 g/mol. The Bertz CT molecular complexity index is 1100. The number of rotatable bonds is 7. The molecule has 9 heteroatoms. The summed E-state index contributed by atoms with van der Waals surface area (Å²) >= 11 is 5.86. The van der Waals surface area contributed by atoms with Gasteiger partial charge in [0.15, 0.2) is 5.82 Å². The van der Waals surface area contributed by atoms with Gasteiger partial charge in [-0.1, -0.05) is 17.7 Å². The van der Waals surface area contributed by atoms with Gasteiger partial charge in [0.05, 0.1) is 23.3 Å². The van der Waals surface area contributed by atoms with E-state index >= 15 is 0 Å². The maximum atomic E-state index is 14.3. The number of aromatic nitrogens is 2. The molecule has 1 aliphatic carbocycles. The van der Waals surface area contributed by atoms with Crippen LogP contribution in [0.4, 0.5) is 15.9 Å². The molecule has 0 radical (unpaired) electrons. The molecular weight excluding hydrogens is 399 g/mol. The molecule has 7 nitrogen and oxygen atoms in total. The third-order valence-electron chi connectivity index (χ3n) is 5.02. The lowest BCUT2D eigenvalue weighted by molar-refractivity contribution is -0.140. The van der Waals surface area contributed by atoms with Gasteiger partial charge in [-0.2, -0.15) is 0 Å². The lowest BCUT2D eigenvalue weighted by atomic mass is 10.1. The molecule has 1 fully saturated rings. The van der Waals surface area contributed by atoms with Crippen LogP contribution in [0.3, 0.4) is 0 Å². The number of hydrogen-bond acceptors (Lipinski definition) is 6. The van der Waals surface area contributed by atoms with E-state index in [1.807, 2.05) is 6.07 Å². The molecule has 0 atom stereocenters. The van der Waals surface area contributed by atoms with Crippen molar-refractivity contribution in [3.05, 3.63) is 53.1 Å². The minimum Gasteiger partial charge on any atom is -0.496 e. The number of carboxylic acids is 1. The number of nitrogens with one attached hydrogen (secondary N) is 2. The molecule has 0 saturated heterocycles. The van der Waals surface area contributed by atoms with Crippen molar-refractivity contribution in [2.75, 3.05) is 12.4 Å². The van der Waals surface area contributed by atoms with E-state index in [2.05, 4.69) is 20.6 Å². The molecule has 0 unspecified atom stereocenters. The fraction of sp³-hybridized carbons (Fsp3) is 0.250. The van der Waals surface area contributed by atoms with E-state index in [1.165, 1.54) is 19.5 Å². The van der Waals surface area contributed by atoms with Crippen LogP contribution in [0.5, 0.6) is 5.75 Å². The Morgan fingerprint density at radius 1 is 1.34 bits per heavy atom. The SMILES string of the molecule is COc1cc2ncnc(Nc3cccc(Cl)c3F)c2cc1CNC1(C(=O)O)CC1. The van der Waals surface area contributed by atoms with Crippen LogP contribution in [0.1, 0.15) is 18.4 Å². The number of anilines is 2. The number of fused-ring (bicyclic) bond motifs is 1. The van der Waals surface area contributed by atoms with Gasteiger partial charge in [0.25, 0.3) is 0 Å². The number of methoxy groups -OCH3 is 1. The van der Waals surface area contributed by atoms with Crippen LogP contribution >= 0.6 is 11.6 Å². The van der Waals surface area contributed by atoms with Crippen LogP contribution in [0, 0.1) is 5.82 Å². The first-order valence-corrected chi connectivity index (χ1v) is 9.32. The fourth-order valence-corrected chi connectivity index (χ4v) is 3.31. The molecular formula is C20H18ClFN4O3. The van der Waals surface area contributed by atoms with Gasteiger partial charge in [0.1, 0.15) is 23.4 Å². The highest BCUT2D eigenvalue weighted by atomic mass is 35.5. The molecule has 0 spiro atoms. The molecule has 2 aromatic carbocycles. The largest absolute Gasteiger partial charge is 0.496 e. The van der Waals surface area contributed by atoms with Gasteiger partial charge in [-0.05, 0) is 31.0 Å². The maximum Gasteiger partial charge on any atom is 0.323 e. The molecule has 3 aromatic rings. The summed E-state index contributed by atoms with van der Waals surface area (Å²) in [6.07, 6.45) is 2.54. The summed E-state index contributed by atoms with van der Waals surface area (Å²) in [5.74, 6) is -0.461. The summed E-state index contributed by atoms with van der Waals surface area (Å²) in [5, 5.41) is 16.1. The number of benzene rings is 2. The van der Waals surface area contributed by atoms with Crippen LogP contribution in [-0.2, 0) is 11.3 Å². The summed E-state index contributed by atoms with van der Waals surface area (Å²) in [6.45, 7) is 0.297. The summed E-state index contributed by atoms with van der Waals surface area (Å²) in [4.78, 5) is 19.9. The molecule has 3 N–H and O–H groups in total. The Balaban J connectivity index is 1.71. The van der Waals surface area contributed by atoms with Gasteiger partial charge in [0, 0.05) is 23.6 Å². The number of halogens is 2. The van der Waals surface area contributed by atoms with E-state index in [1.54, 1.807) is 18.2 Å². The van der Waals surface area contributed by atoms with Crippen molar-refractivity contribution in [2.45, 2.75) is 24.9 Å². The first-order valence-electron chi connectivity index (χ1n) is 8.94. The zero-order valence-corrected chi connectivity index (χ0v) is 16.3. The molecule has 29 heavy (non-hydrogen) atoms. The second-order valence-electron chi connectivity index (χ2n) is 6.87. The Morgan fingerprint density at radius 3 is 2.83 bits per heavy atom. The van der Waals surface area contributed by atoms with Gasteiger partial charge in [-0.3, -0.25) is 10.1 Å². The zero-order valence-electron chi connectivity index (χ0n) is 15.5. The lowest BCUT2D eigenvalue weighted by Gasteiger charge is -2.16. The van der Waals surface area contributed by atoms with Crippen molar-refractivity contribution in [1.82, 2.24) is 15.3 Å². The second-order valence-corrected chi connectivity index (χ2v) is 7.28. The van der Waals surface area contributed by atoms with Crippen LogP contribution < -0.4 is 15.4 Å². The average Bonchev–Trinajstić information content (AvgIpc) is 3.51. The van der Waals surface area contributed by atoms with Gasteiger partial charge in [0.2, 0.25) is 0 Å². The molecule has 1 aliphatic rings. The molecule has 0 amide bonds. The fourth-order valence-electron chi connectivity index (χ4n) is 3.14. The van der Waals surface area contributed by atoms with Gasteiger partial charge in [-0.15, -0.1) is 0 Å². The summed E-state index contributed by atoms with van der Waals surface area (Å²) in [6, 6.07) is 8.21. The first-order chi connectivity index (χ1) is 13.9. The van der Waals surface area contributed by atoms with Gasteiger partial charge >= 0.3 is 5.97 Å². The Labute approximate surface area is 170 Å². The van der Waals surface area contributed by atoms with E-state index < -0.39 is 17.3 Å². The van der Waals surface area contributed by atoms with Crippen LogP contribution in [0.15, 0.2) is 36.7 Å². The van der Waals surface area contributed by atoms with Crippen LogP contribution in [-0.4, -0.2) is 33.7 Å². The first kappa shape index (κ1) is 19.4. The summed E-state index contributed by atoms with van der Waals surface area (Å²) < 4.78 is 19.7. The lowest BCUT2D eigenvalue weighted by Crippen LogP contribution is -2.38. The van der Waals surface area contributed by atoms with E-state index in [0.29, 0.717) is 41.9 Å². The van der Waals surface area contributed by atoms with Gasteiger partial charge < -0.3 is 15.2 Å². The highest BCUT2D eigenvalue weighted by molar-refractivity contribution is 6.31. The molecule has 1 saturated carbocycles. The smallest absolute Gasteiger partial charge is 0.323 e. The zero-order chi connectivity index (χ0) is 20.6. The standard InChI is InChI=1S/C20H18ClFN4O3/c1-29-16-8-15-12(7-11(16)9-25-20(5-6-20)19(27)28)18(24-10-23-15)26-14-4-2-3-13(21)17(14)22/h2-4,7-8,10,25H,5-6,9H2,1H3,(H,27,28)(H,23,24,26). The number of ether oxygens (including phenoxy) is 1. The molecule has 150 valence electrons. The van der Waals surface area contributed by atoms with Crippen molar-refractivity contribution >= 4 is 40.0 Å². The van der Waals surface area contributed by atoms with Crippen molar-refractivity contribution < 1.29 is 19.0 Å². The third kappa shape index (κ3) is 3.68. The Kier molecular flexibility index (Phi) is 4.97. The number of aliphatic carboxylic acids is 1. The summed E-state index contributed by atoms with van der Waals surface area (Å²) in [5.41, 5.74) is 0.663. The minimum absolute atomic E-state index is 0.00308. The quantitative estimate of drug-likeness (QED) is 0.537. The number of carboxylic acid groups (broad SMARTS) is 1. The second kappa shape index (κ2) is 7.46. The summed E-state index contributed by atoms with van der Waals surface area (Å²) in [7, 11) is 1.54. The number of carbonyl (C=O) groups is 1. The normalized spacial score (nSPS) is 14.6. The van der Waals surface area contributed by atoms with E-state index in [0.717, 1.165) is 5.56 Å². The third-order valence-corrected chi connectivity index (χ3v) is 5.31. The Hall–Kier alpha value is -2.97. The molecule has 0 aliphatic heterocycles. The monoisotopic (exact) mass is 416 g/mol. The number of hydrogen-bond donors (Lipinski definition) is 3. The van der Waals surface area contributed by atoms with Crippen molar-refractivity contribution in [2.24, 2.45) is 0 Å². The Morgan fingerprint density at radius 2 is 2.14 bits per heavy atom. The highest BCUT2D eigenvalue weighted by Gasteiger charge is 2.49. The highest BCUT2D eigenvalue weighted by Crippen LogP contribution is 2.37. The predicted octanol–water partition coefficient (Wildman–Crippen LogP) is 3.88. The topological polar surface area (TPSA) is 96.4 Å². The van der Waals surface area contributed by atoms with Crippen molar-refractivity contribution in [1.29, 1.82) is 0 Å². The number of nitrogens with zero attached hydrogens (tertiary/aromatic N) is 2. The van der Waals surface area contributed by atoms with E-state index in [-0.39, 0.29) is 10.7 Å². The minimum atomic E-state index is -0.877. The van der Waals surface area contributed by atoms with Crippen molar-refractivity contribution in [3.63, 3.8) is 0 Å². The van der Waals surface area contributed by atoms with Crippen LogP contribution in [0.25, 0.3) is 10.9 Å². The molecule has 1 aromatic heterocycles. The predicted molar refractivity (Wildman–Crippen MR) is 107 cm³/mol. The van der Waals surface area contributed by atoms with Crippen LogP contribution in [0.2, 0.25) is 5.02 Å². The van der Waals surface area contributed by atoms with Crippen molar-refractivity contribution in [3.8, 4) is 5.75 Å².